The molecule has 30 heavy (non-hydrogen) atoms. The van der Waals surface area contributed by atoms with Crippen molar-refractivity contribution in [3.8, 4) is 11.5 Å². The SMILES string of the molecule is C=CCN1C(=O)/C(=C/c2cc(OC)c(OCc3ccccc3)cc2Br)C(=O)NC1=S. The normalized spacial score (nSPS) is 15.2. The molecule has 0 unspecified atom stereocenters. The summed E-state index contributed by atoms with van der Waals surface area (Å²) in [5, 5.41) is 2.58. The fourth-order valence-corrected chi connectivity index (χ4v) is 3.50. The molecule has 0 saturated carbocycles. The van der Waals surface area contributed by atoms with Crippen LogP contribution >= 0.6 is 28.1 Å². The van der Waals surface area contributed by atoms with Crippen molar-refractivity contribution in [2.24, 2.45) is 0 Å². The van der Waals surface area contributed by atoms with Gasteiger partial charge in [0.05, 0.1) is 7.11 Å². The van der Waals surface area contributed by atoms with Crippen LogP contribution in [-0.2, 0) is 16.2 Å². The predicted octanol–water partition coefficient (Wildman–Crippen LogP) is 3.85. The van der Waals surface area contributed by atoms with Crippen molar-refractivity contribution < 1.29 is 19.1 Å². The second-order valence-corrected chi connectivity index (χ2v) is 7.56. The van der Waals surface area contributed by atoms with Crippen molar-refractivity contribution in [3.63, 3.8) is 0 Å². The zero-order chi connectivity index (χ0) is 21.7. The van der Waals surface area contributed by atoms with E-state index in [-0.39, 0.29) is 17.2 Å². The van der Waals surface area contributed by atoms with E-state index in [1.165, 1.54) is 24.2 Å². The Hall–Kier alpha value is -2.97. The van der Waals surface area contributed by atoms with Gasteiger partial charge in [-0.2, -0.15) is 0 Å². The molecular weight excluding hydrogens is 468 g/mol. The summed E-state index contributed by atoms with van der Waals surface area (Å²) >= 11 is 8.55. The molecule has 0 radical (unpaired) electrons. The molecule has 1 heterocycles. The van der Waals surface area contributed by atoms with E-state index >= 15 is 0 Å². The molecule has 0 aromatic heterocycles. The van der Waals surface area contributed by atoms with E-state index in [2.05, 4.69) is 27.8 Å². The molecular formula is C22H19BrN2O4S. The minimum atomic E-state index is -0.555. The number of benzene rings is 2. The van der Waals surface area contributed by atoms with Gasteiger partial charge in [-0.25, -0.2) is 0 Å². The number of thiocarbonyl (C=S) groups is 1. The standard InChI is InChI=1S/C22H19BrN2O4S/c1-3-9-25-21(27)16(20(26)24-22(25)30)10-15-11-18(28-2)19(12-17(15)23)29-13-14-7-5-4-6-8-14/h3-8,10-12H,1,9,13H2,2H3,(H,24,26,30)/b16-10+. The Bertz CT molecular complexity index is 1040. The van der Waals surface area contributed by atoms with E-state index in [9.17, 15) is 9.59 Å². The molecule has 2 amide bonds. The van der Waals surface area contributed by atoms with E-state index in [1.807, 2.05) is 30.3 Å². The Balaban J connectivity index is 1.90. The van der Waals surface area contributed by atoms with Gasteiger partial charge in [-0.05, 0) is 41.6 Å². The topological polar surface area (TPSA) is 67.9 Å². The highest BCUT2D eigenvalue weighted by molar-refractivity contribution is 9.10. The summed E-state index contributed by atoms with van der Waals surface area (Å²) in [6, 6.07) is 13.2. The van der Waals surface area contributed by atoms with Crippen LogP contribution in [0.3, 0.4) is 0 Å². The zero-order valence-electron chi connectivity index (χ0n) is 16.2. The summed E-state index contributed by atoms with van der Waals surface area (Å²) in [5.41, 5.74) is 1.57. The Labute approximate surface area is 188 Å². The molecule has 0 bridgehead atoms. The quantitative estimate of drug-likeness (QED) is 0.278. The first-order valence-corrected chi connectivity index (χ1v) is 10.2. The molecule has 0 spiro atoms. The van der Waals surface area contributed by atoms with Gasteiger partial charge in [0.15, 0.2) is 16.6 Å². The molecule has 1 N–H and O–H groups in total. The predicted molar refractivity (Wildman–Crippen MR) is 122 cm³/mol. The summed E-state index contributed by atoms with van der Waals surface area (Å²) in [5.74, 6) is -0.0353. The Morgan fingerprint density at radius 3 is 2.60 bits per heavy atom. The molecule has 1 fully saturated rings. The lowest BCUT2D eigenvalue weighted by Gasteiger charge is -2.27. The van der Waals surface area contributed by atoms with Gasteiger partial charge >= 0.3 is 0 Å². The number of hydrogen-bond donors (Lipinski definition) is 1. The molecule has 0 aliphatic carbocycles. The van der Waals surface area contributed by atoms with Crippen LogP contribution in [0.2, 0.25) is 0 Å². The van der Waals surface area contributed by atoms with E-state index in [0.29, 0.717) is 28.1 Å². The number of rotatable bonds is 7. The van der Waals surface area contributed by atoms with Crippen LogP contribution in [0, 0.1) is 0 Å². The number of halogens is 1. The van der Waals surface area contributed by atoms with Crippen molar-refractivity contribution in [2.45, 2.75) is 6.61 Å². The van der Waals surface area contributed by atoms with Gasteiger partial charge in [-0.3, -0.25) is 19.8 Å². The number of carbonyl (C=O) groups is 2. The number of hydrogen-bond acceptors (Lipinski definition) is 5. The molecule has 154 valence electrons. The minimum Gasteiger partial charge on any atom is -0.493 e. The van der Waals surface area contributed by atoms with Gasteiger partial charge in [-0.15, -0.1) is 6.58 Å². The Morgan fingerprint density at radius 2 is 1.93 bits per heavy atom. The maximum Gasteiger partial charge on any atom is 0.265 e. The average molecular weight is 487 g/mol. The first kappa shape index (κ1) is 21.7. The third-order valence-corrected chi connectivity index (χ3v) is 5.33. The maximum atomic E-state index is 12.7. The van der Waals surface area contributed by atoms with Crippen molar-refractivity contribution in [1.29, 1.82) is 0 Å². The summed E-state index contributed by atoms with van der Waals surface area (Å²) in [6.45, 7) is 4.19. The highest BCUT2D eigenvalue weighted by atomic mass is 79.9. The molecule has 2 aromatic rings. The Kier molecular flexibility index (Phi) is 7.02. The van der Waals surface area contributed by atoms with Crippen LogP contribution in [-0.4, -0.2) is 35.5 Å². The summed E-state index contributed by atoms with van der Waals surface area (Å²) < 4.78 is 12.0. The lowest BCUT2D eigenvalue weighted by Crippen LogP contribution is -2.53. The number of nitrogens with one attached hydrogen (secondary N) is 1. The number of nitrogens with zero attached hydrogens (tertiary/aromatic N) is 1. The van der Waals surface area contributed by atoms with Crippen LogP contribution in [0.25, 0.3) is 6.08 Å². The van der Waals surface area contributed by atoms with E-state index in [0.717, 1.165) is 5.56 Å². The van der Waals surface area contributed by atoms with E-state index in [4.69, 9.17) is 21.7 Å². The van der Waals surface area contributed by atoms with Crippen molar-refractivity contribution in [2.75, 3.05) is 13.7 Å². The molecule has 0 atom stereocenters. The molecule has 8 heteroatoms. The van der Waals surface area contributed by atoms with Gasteiger partial charge in [0.1, 0.15) is 12.2 Å². The van der Waals surface area contributed by atoms with E-state index in [1.54, 1.807) is 12.1 Å². The van der Waals surface area contributed by atoms with Gasteiger partial charge in [0.2, 0.25) is 0 Å². The van der Waals surface area contributed by atoms with Crippen LogP contribution in [0.15, 0.2) is 65.2 Å². The number of methoxy groups -OCH3 is 1. The van der Waals surface area contributed by atoms with Crippen LogP contribution in [0.5, 0.6) is 11.5 Å². The maximum absolute atomic E-state index is 12.7. The third-order valence-electron chi connectivity index (χ3n) is 4.32. The monoisotopic (exact) mass is 486 g/mol. The molecule has 1 saturated heterocycles. The fourth-order valence-electron chi connectivity index (χ4n) is 2.81. The number of amides is 2. The summed E-state index contributed by atoms with van der Waals surface area (Å²) in [4.78, 5) is 26.3. The van der Waals surface area contributed by atoms with Crippen molar-refractivity contribution >= 4 is 51.2 Å². The highest BCUT2D eigenvalue weighted by Gasteiger charge is 2.32. The fraction of sp³-hybridized carbons (Fsp3) is 0.136. The lowest BCUT2D eigenvalue weighted by molar-refractivity contribution is -0.128. The van der Waals surface area contributed by atoms with Crippen LogP contribution in [0.4, 0.5) is 0 Å². The lowest BCUT2D eigenvalue weighted by atomic mass is 10.1. The minimum absolute atomic E-state index is 0.0360. The molecule has 1 aliphatic heterocycles. The Morgan fingerprint density at radius 1 is 1.20 bits per heavy atom. The third kappa shape index (κ3) is 4.77. The second kappa shape index (κ2) is 9.69. The van der Waals surface area contributed by atoms with Gasteiger partial charge < -0.3 is 9.47 Å². The highest BCUT2D eigenvalue weighted by Crippen LogP contribution is 2.35. The van der Waals surface area contributed by atoms with Gasteiger partial charge in [-0.1, -0.05) is 52.3 Å². The second-order valence-electron chi connectivity index (χ2n) is 6.32. The van der Waals surface area contributed by atoms with Gasteiger partial charge in [0, 0.05) is 11.0 Å². The number of carbonyl (C=O) groups excluding carboxylic acids is 2. The van der Waals surface area contributed by atoms with Crippen molar-refractivity contribution in [3.05, 3.63) is 76.3 Å². The largest absolute Gasteiger partial charge is 0.493 e. The average Bonchev–Trinajstić information content (AvgIpc) is 2.74. The van der Waals surface area contributed by atoms with Crippen LogP contribution in [0.1, 0.15) is 11.1 Å². The molecule has 2 aromatic carbocycles. The number of ether oxygens (including phenoxy) is 2. The summed E-state index contributed by atoms with van der Waals surface area (Å²) in [6.07, 6.45) is 3.03. The van der Waals surface area contributed by atoms with E-state index < -0.39 is 11.8 Å². The molecule has 6 nitrogen and oxygen atoms in total. The first-order chi connectivity index (χ1) is 14.4. The zero-order valence-corrected chi connectivity index (χ0v) is 18.6. The molecule has 3 rings (SSSR count). The smallest absolute Gasteiger partial charge is 0.265 e. The molecule has 1 aliphatic rings. The van der Waals surface area contributed by atoms with Crippen molar-refractivity contribution in [1.82, 2.24) is 10.2 Å². The first-order valence-electron chi connectivity index (χ1n) is 8.98. The van der Waals surface area contributed by atoms with Crippen LogP contribution < -0.4 is 14.8 Å². The van der Waals surface area contributed by atoms with Gasteiger partial charge in [0.25, 0.3) is 11.8 Å². The summed E-state index contributed by atoms with van der Waals surface area (Å²) in [7, 11) is 1.53.